The van der Waals surface area contributed by atoms with Gasteiger partial charge >= 0.3 is 5.97 Å². The number of ether oxygens (including phenoxy) is 1. The fraction of sp³-hybridized carbons (Fsp3) is 0.923. The first kappa shape index (κ1) is 12.8. The SMILES string of the molecule is COC(=O)CN1CCN(C2CCCCC2)CC1. The maximum atomic E-state index is 11.2. The largest absolute Gasteiger partial charge is 0.468 e. The quantitative estimate of drug-likeness (QED) is 0.692. The van der Waals surface area contributed by atoms with Crippen LogP contribution in [0.4, 0.5) is 0 Å². The number of nitrogens with zero attached hydrogens (tertiary/aromatic N) is 2. The van der Waals surface area contributed by atoms with Crippen molar-refractivity contribution in [1.29, 1.82) is 0 Å². The van der Waals surface area contributed by atoms with Gasteiger partial charge in [-0.15, -0.1) is 0 Å². The number of piperazine rings is 1. The Bertz CT molecular complexity index is 244. The van der Waals surface area contributed by atoms with E-state index in [4.69, 9.17) is 4.74 Å². The van der Waals surface area contributed by atoms with Crippen LogP contribution < -0.4 is 0 Å². The summed E-state index contributed by atoms with van der Waals surface area (Å²) in [5.74, 6) is -0.115. The zero-order chi connectivity index (χ0) is 12.1. The molecule has 0 aromatic carbocycles. The van der Waals surface area contributed by atoms with E-state index in [1.165, 1.54) is 39.2 Å². The standard InChI is InChI=1S/C13H24N2O2/c1-17-13(16)11-14-7-9-15(10-8-14)12-5-3-2-4-6-12/h12H,2-11H2,1H3. The van der Waals surface area contributed by atoms with Crippen LogP contribution in [0.2, 0.25) is 0 Å². The molecule has 2 fully saturated rings. The van der Waals surface area contributed by atoms with E-state index in [2.05, 4.69) is 9.80 Å². The number of esters is 1. The number of carbonyl (C=O) groups is 1. The molecular weight excluding hydrogens is 216 g/mol. The third-order valence-corrected chi connectivity index (χ3v) is 4.08. The maximum absolute atomic E-state index is 11.2. The molecule has 0 aromatic heterocycles. The van der Waals surface area contributed by atoms with Gasteiger partial charge < -0.3 is 4.74 Å². The summed E-state index contributed by atoms with van der Waals surface area (Å²) in [6, 6.07) is 0.809. The van der Waals surface area contributed by atoms with Crippen molar-refractivity contribution in [2.75, 3.05) is 39.8 Å². The van der Waals surface area contributed by atoms with Crippen LogP contribution in [0.15, 0.2) is 0 Å². The van der Waals surface area contributed by atoms with E-state index in [-0.39, 0.29) is 5.97 Å². The second-order valence-electron chi connectivity index (χ2n) is 5.18. The molecule has 4 nitrogen and oxygen atoms in total. The van der Waals surface area contributed by atoms with Gasteiger partial charge in [0.2, 0.25) is 0 Å². The average Bonchev–Trinajstić information content (AvgIpc) is 2.40. The van der Waals surface area contributed by atoms with Gasteiger partial charge in [-0.1, -0.05) is 19.3 Å². The molecule has 0 bridgehead atoms. The molecule has 0 amide bonds. The normalized spacial score (nSPS) is 24.8. The third-order valence-electron chi connectivity index (χ3n) is 4.08. The fourth-order valence-corrected chi connectivity index (χ4v) is 2.98. The van der Waals surface area contributed by atoms with Crippen molar-refractivity contribution < 1.29 is 9.53 Å². The van der Waals surface area contributed by atoms with Gasteiger partial charge in [0.1, 0.15) is 0 Å². The van der Waals surface area contributed by atoms with Gasteiger partial charge in [-0.3, -0.25) is 14.6 Å². The summed E-state index contributed by atoms with van der Waals surface area (Å²) in [7, 11) is 1.46. The van der Waals surface area contributed by atoms with Crippen LogP contribution in [0.25, 0.3) is 0 Å². The Hall–Kier alpha value is -0.610. The zero-order valence-corrected chi connectivity index (χ0v) is 10.9. The molecule has 1 saturated heterocycles. The Morgan fingerprint density at radius 3 is 2.35 bits per heavy atom. The molecule has 2 aliphatic rings. The van der Waals surface area contributed by atoms with Gasteiger partial charge in [-0.2, -0.15) is 0 Å². The fourth-order valence-electron chi connectivity index (χ4n) is 2.98. The van der Waals surface area contributed by atoms with Crippen LogP contribution in [0.1, 0.15) is 32.1 Å². The Morgan fingerprint density at radius 2 is 1.76 bits per heavy atom. The van der Waals surface area contributed by atoms with Crippen molar-refractivity contribution in [2.24, 2.45) is 0 Å². The lowest BCUT2D eigenvalue weighted by Crippen LogP contribution is -2.51. The molecule has 1 heterocycles. The molecule has 0 N–H and O–H groups in total. The van der Waals surface area contributed by atoms with Gasteiger partial charge in [0, 0.05) is 32.2 Å². The molecule has 0 radical (unpaired) electrons. The predicted molar refractivity (Wildman–Crippen MR) is 66.9 cm³/mol. The lowest BCUT2D eigenvalue weighted by atomic mass is 9.94. The van der Waals surface area contributed by atoms with Crippen LogP contribution in [0.5, 0.6) is 0 Å². The summed E-state index contributed by atoms with van der Waals surface area (Å²) in [5.41, 5.74) is 0. The molecule has 4 heteroatoms. The van der Waals surface area contributed by atoms with E-state index in [1.54, 1.807) is 0 Å². The molecule has 98 valence electrons. The highest BCUT2D eigenvalue weighted by Crippen LogP contribution is 2.23. The lowest BCUT2D eigenvalue weighted by molar-refractivity contribution is -0.142. The van der Waals surface area contributed by atoms with Gasteiger partial charge in [0.15, 0.2) is 0 Å². The molecule has 1 aliphatic heterocycles. The van der Waals surface area contributed by atoms with Gasteiger partial charge in [0.25, 0.3) is 0 Å². The minimum atomic E-state index is -0.115. The Balaban J connectivity index is 1.71. The van der Waals surface area contributed by atoms with E-state index >= 15 is 0 Å². The molecule has 0 spiro atoms. The van der Waals surface area contributed by atoms with Crippen molar-refractivity contribution in [2.45, 2.75) is 38.1 Å². The summed E-state index contributed by atoms with van der Waals surface area (Å²) < 4.78 is 4.70. The van der Waals surface area contributed by atoms with E-state index in [1.807, 2.05) is 0 Å². The first-order valence-corrected chi connectivity index (χ1v) is 6.83. The first-order chi connectivity index (χ1) is 8.29. The summed E-state index contributed by atoms with van der Waals surface area (Å²) in [6.07, 6.45) is 6.95. The van der Waals surface area contributed by atoms with Crippen molar-refractivity contribution in [3.05, 3.63) is 0 Å². The van der Waals surface area contributed by atoms with E-state index in [0.29, 0.717) is 6.54 Å². The minimum absolute atomic E-state index is 0.115. The highest BCUT2D eigenvalue weighted by atomic mass is 16.5. The maximum Gasteiger partial charge on any atom is 0.319 e. The topological polar surface area (TPSA) is 32.8 Å². The van der Waals surface area contributed by atoms with Crippen LogP contribution in [0.3, 0.4) is 0 Å². The Morgan fingerprint density at radius 1 is 1.12 bits per heavy atom. The molecule has 2 rings (SSSR count). The van der Waals surface area contributed by atoms with Crippen LogP contribution in [-0.4, -0.2) is 61.6 Å². The van der Waals surface area contributed by atoms with Crippen molar-refractivity contribution in [1.82, 2.24) is 9.80 Å². The Kier molecular flexibility index (Phi) is 4.80. The van der Waals surface area contributed by atoms with Crippen LogP contribution >= 0.6 is 0 Å². The first-order valence-electron chi connectivity index (χ1n) is 6.83. The van der Waals surface area contributed by atoms with Crippen LogP contribution in [-0.2, 0) is 9.53 Å². The predicted octanol–water partition coefficient (Wildman–Crippen LogP) is 1.11. The summed E-state index contributed by atoms with van der Waals surface area (Å²) in [5, 5.41) is 0. The van der Waals surface area contributed by atoms with Gasteiger partial charge in [0.05, 0.1) is 13.7 Å². The van der Waals surface area contributed by atoms with Gasteiger partial charge in [-0.05, 0) is 12.8 Å². The van der Waals surface area contributed by atoms with E-state index in [0.717, 1.165) is 32.2 Å². The smallest absolute Gasteiger partial charge is 0.319 e. The number of methoxy groups -OCH3 is 1. The van der Waals surface area contributed by atoms with Gasteiger partial charge in [-0.25, -0.2) is 0 Å². The number of rotatable bonds is 3. The van der Waals surface area contributed by atoms with Crippen LogP contribution in [0, 0.1) is 0 Å². The molecule has 1 saturated carbocycles. The second kappa shape index (κ2) is 6.36. The zero-order valence-electron chi connectivity index (χ0n) is 10.9. The molecule has 17 heavy (non-hydrogen) atoms. The molecule has 1 aliphatic carbocycles. The molecule has 0 unspecified atom stereocenters. The number of hydrogen-bond donors (Lipinski definition) is 0. The van der Waals surface area contributed by atoms with Crippen molar-refractivity contribution in [3.63, 3.8) is 0 Å². The van der Waals surface area contributed by atoms with E-state index in [9.17, 15) is 4.79 Å². The molecule has 0 aromatic rings. The summed E-state index contributed by atoms with van der Waals surface area (Å²) >= 11 is 0. The van der Waals surface area contributed by atoms with Crippen molar-refractivity contribution >= 4 is 5.97 Å². The monoisotopic (exact) mass is 240 g/mol. The number of carbonyl (C=O) groups excluding carboxylic acids is 1. The Labute approximate surface area is 104 Å². The highest BCUT2D eigenvalue weighted by Gasteiger charge is 2.25. The van der Waals surface area contributed by atoms with E-state index < -0.39 is 0 Å². The molecule has 0 atom stereocenters. The lowest BCUT2D eigenvalue weighted by Gasteiger charge is -2.40. The average molecular weight is 240 g/mol. The summed E-state index contributed by atoms with van der Waals surface area (Å²) in [6.45, 7) is 4.69. The number of hydrogen-bond acceptors (Lipinski definition) is 4. The molecular formula is C13H24N2O2. The highest BCUT2D eigenvalue weighted by molar-refractivity contribution is 5.71. The second-order valence-corrected chi connectivity index (χ2v) is 5.18. The minimum Gasteiger partial charge on any atom is -0.468 e. The van der Waals surface area contributed by atoms with Crippen molar-refractivity contribution in [3.8, 4) is 0 Å². The third kappa shape index (κ3) is 3.68. The summed E-state index contributed by atoms with van der Waals surface area (Å²) in [4.78, 5) is 16.0.